The van der Waals surface area contributed by atoms with E-state index in [0.29, 0.717) is 24.8 Å². The van der Waals surface area contributed by atoms with Crippen LogP contribution in [0.4, 0.5) is 8.78 Å². The van der Waals surface area contributed by atoms with Gasteiger partial charge in [0.1, 0.15) is 5.54 Å². The normalized spacial score (nSPS) is 16.6. The molecule has 1 aromatic carbocycles. The van der Waals surface area contributed by atoms with Crippen molar-refractivity contribution in [3.63, 3.8) is 0 Å². The number of aryl methyl sites for hydroxylation is 1. The SMILES string of the molecule is N#CC1(NC(=O)CCc2ccc(F)c(F)c2)CCCC1. The maximum Gasteiger partial charge on any atom is 0.221 e. The van der Waals surface area contributed by atoms with Gasteiger partial charge in [0, 0.05) is 6.42 Å². The molecule has 0 bridgehead atoms. The molecule has 2 rings (SSSR count). The number of amides is 1. The third-order valence-corrected chi connectivity index (χ3v) is 3.67. The molecule has 0 unspecified atom stereocenters. The fraction of sp³-hybridized carbons (Fsp3) is 0.467. The predicted octanol–water partition coefficient (Wildman–Crippen LogP) is 2.85. The van der Waals surface area contributed by atoms with E-state index >= 15 is 0 Å². The second-order valence-corrected chi connectivity index (χ2v) is 5.20. The zero-order chi connectivity index (χ0) is 14.6. The molecule has 1 aliphatic carbocycles. The van der Waals surface area contributed by atoms with E-state index in [1.807, 2.05) is 0 Å². The Hall–Kier alpha value is -1.96. The molecule has 1 aromatic rings. The Bertz CT molecular complexity index is 545. The Kier molecular flexibility index (Phi) is 4.33. The summed E-state index contributed by atoms with van der Waals surface area (Å²) in [7, 11) is 0. The van der Waals surface area contributed by atoms with Crippen molar-refractivity contribution in [1.82, 2.24) is 5.32 Å². The fourth-order valence-corrected chi connectivity index (χ4v) is 2.53. The van der Waals surface area contributed by atoms with Crippen LogP contribution in [0.15, 0.2) is 18.2 Å². The minimum absolute atomic E-state index is 0.161. The summed E-state index contributed by atoms with van der Waals surface area (Å²) in [6.45, 7) is 0. The lowest BCUT2D eigenvalue weighted by atomic mass is 9.99. The van der Waals surface area contributed by atoms with Crippen LogP contribution in [-0.4, -0.2) is 11.4 Å². The van der Waals surface area contributed by atoms with Gasteiger partial charge in [0.05, 0.1) is 6.07 Å². The summed E-state index contributed by atoms with van der Waals surface area (Å²) < 4.78 is 25.8. The van der Waals surface area contributed by atoms with Crippen molar-refractivity contribution in [2.24, 2.45) is 0 Å². The highest BCUT2D eigenvalue weighted by Crippen LogP contribution is 2.28. The average Bonchev–Trinajstić information content (AvgIpc) is 2.89. The highest BCUT2D eigenvalue weighted by molar-refractivity contribution is 5.77. The Labute approximate surface area is 116 Å². The van der Waals surface area contributed by atoms with Crippen LogP contribution in [-0.2, 0) is 11.2 Å². The number of carbonyl (C=O) groups is 1. The zero-order valence-electron chi connectivity index (χ0n) is 11.1. The number of nitriles is 1. The number of rotatable bonds is 4. The molecule has 0 radical (unpaired) electrons. The van der Waals surface area contributed by atoms with Gasteiger partial charge in [-0.2, -0.15) is 5.26 Å². The average molecular weight is 278 g/mol. The first-order valence-electron chi connectivity index (χ1n) is 6.71. The van der Waals surface area contributed by atoms with Crippen molar-refractivity contribution in [3.8, 4) is 6.07 Å². The highest BCUT2D eigenvalue weighted by Gasteiger charge is 2.35. The van der Waals surface area contributed by atoms with Gasteiger partial charge in [-0.3, -0.25) is 4.79 Å². The molecule has 0 spiro atoms. The lowest BCUT2D eigenvalue weighted by Crippen LogP contribution is -2.45. The molecular weight excluding hydrogens is 262 g/mol. The van der Waals surface area contributed by atoms with Crippen molar-refractivity contribution in [2.45, 2.75) is 44.1 Å². The van der Waals surface area contributed by atoms with Crippen molar-refractivity contribution in [2.75, 3.05) is 0 Å². The summed E-state index contributed by atoms with van der Waals surface area (Å²) >= 11 is 0. The topological polar surface area (TPSA) is 52.9 Å². The first-order chi connectivity index (χ1) is 9.54. The van der Waals surface area contributed by atoms with E-state index in [2.05, 4.69) is 11.4 Å². The molecular formula is C15H16F2N2O. The van der Waals surface area contributed by atoms with E-state index in [9.17, 15) is 13.6 Å². The molecule has 1 amide bonds. The molecule has 0 aliphatic heterocycles. The Morgan fingerprint density at radius 1 is 1.30 bits per heavy atom. The minimum atomic E-state index is -0.910. The molecule has 1 N–H and O–H groups in total. The quantitative estimate of drug-likeness (QED) is 0.920. The number of carbonyl (C=O) groups excluding carboxylic acids is 1. The maximum absolute atomic E-state index is 13.0. The Morgan fingerprint density at radius 2 is 2.00 bits per heavy atom. The summed E-state index contributed by atoms with van der Waals surface area (Å²) in [6, 6.07) is 5.79. The molecule has 0 heterocycles. The second-order valence-electron chi connectivity index (χ2n) is 5.20. The van der Waals surface area contributed by atoms with Gasteiger partial charge in [-0.1, -0.05) is 6.07 Å². The Balaban J connectivity index is 1.89. The van der Waals surface area contributed by atoms with Gasteiger partial charge in [0.2, 0.25) is 5.91 Å². The number of benzene rings is 1. The summed E-state index contributed by atoms with van der Waals surface area (Å²) in [5.74, 6) is -2.03. The van der Waals surface area contributed by atoms with Crippen molar-refractivity contribution < 1.29 is 13.6 Å². The molecule has 0 saturated heterocycles. The monoisotopic (exact) mass is 278 g/mol. The van der Waals surface area contributed by atoms with Gasteiger partial charge >= 0.3 is 0 Å². The summed E-state index contributed by atoms with van der Waals surface area (Å²) in [6.07, 6.45) is 3.73. The van der Waals surface area contributed by atoms with Crippen LogP contribution in [0.3, 0.4) is 0 Å². The van der Waals surface area contributed by atoms with Gasteiger partial charge in [-0.05, 0) is 49.8 Å². The first-order valence-corrected chi connectivity index (χ1v) is 6.71. The van der Waals surface area contributed by atoms with Crippen LogP contribution in [0.2, 0.25) is 0 Å². The van der Waals surface area contributed by atoms with Gasteiger partial charge < -0.3 is 5.32 Å². The van der Waals surface area contributed by atoms with E-state index in [1.165, 1.54) is 6.07 Å². The van der Waals surface area contributed by atoms with Crippen molar-refractivity contribution in [3.05, 3.63) is 35.4 Å². The predicted molar refractivity (Wildman–Crippen MR) is 69.6 cm³/mol. The number of hydrogen-bond acceptors (Lipinski definition) is 2. The van der Waals surface area contributed by atoms with Crippen LogP contribution in [0.25, 0.3) is 0 Å². The molecule has 3 nitrogen and oxygen atoms in total. The van der Waals surface area contributed by atoms with Crippen LogP contribution in [0.5, 0.6) is 0 Å². The van der Waals surface area contributed by atoms with E-state index < -0.39 is 17.2 Å². The smallest absolute Gasteiger partial charge is 0.221 e. The minimum Gasteiger partial charge on any atom is -0.338 e. The second kappa shape index (κ2) is 6.00. The lowest BCUT2D eigenvalue weighted by Gasteiger charge is -2.21. The molecule has 20 heavy (non-hydrogen) atoms. The lowest BCUT2D eigenvalue weighted by molar-refractivity contribution is -0.122. The molecule has 5 heteroatoms. The fourth-order valence-electron chi connectivity index (χ4n) is 2.53. The van der Waals surface area contributed by atoms with E-state index in [4.69, 9.17) is 5.26 Å². The maximum atomic E-state index is 13.0. The van der Waals surface area contributed by atoms with Crippen LogP contribution < -0.4 is 5.32 Å². The number of halogens is 2. The molecule has 106 valence electrons. The van der Waals surface area contributed by atoms with E-state index in [1.54, 1.807) is 0 Å². The summed E-state index contributed by atoms with van der Waals surface area (Å²) in [5.41, 5.74) is -0.165. The van der Waals surface area contributed by atoms with Crippen molar-refractivity contribution in [1.29, 1.82) is 5.26 Å². The summed E-state index contributed by atoms with van der Waals surface area (Å²) in [4.78, 5) is 11.9. The molecule has 0 aromatic heterocycles. The van der Waals surface area contributed by atoms with Crippen molar-refractivity contribution >= 4 is 5.91 Å². The number of nitrogens with zero attached hydrogens (tertiary/aromatic N) is 1. The van der Waals surface area contributed by atoms with Gasteiger partial charge in [0.15, 0.2) is 11.6 Å². The molecule has 1 fully saturated rings. The van der Waals surface area contributed by atoms with Gasteiger partial charge in [-0.25, -0.2) is 8.78 Å². The van der Waals surface area contributed by atoms with Gasteiger partial charge in [-0.15, -0.1) is 0 Å². The largest absolute Gasteiger partial charge is 0.338 e. The van der Waals surface area contributed by atoms with Gasteiger partial charge in [0.25, 0.3) is 0 Å². The Morgan fingerprint density at radius 3 is 2.60 bits per heavy atom. The zero-order valence-corrected chi connectivity index (χ0v) is 11.1. The number of hydrogen-bond donors (Lipinski definition) is 1. The standard InChI is InChI=1S/C15H16F2N2O/c16-12-5-3-11(9-13(12)17)4-6-14(20)19-15(10-18)7-1-2-8-15/h3,5,9H,1-2,4,6-8H2,(H,19,20). The number of nitrogens with one attached hydrogen (secondary N) is 1. The van der Waals surface area contributed by atoms with E-state index in [0.717, 1.165) is 25.0 Å². The van der Waals surface area contributed by atoms with E-state index in [-0.39, 0.29) is 12.3 Å². The van der Waals surface area contributed by atoms with Crippen LogP contribution >= 0.6 is 0 Å². The molecule has 1 saturated carbocycles. The highest BCUT2D eigenvalue weighted by atomic mass is 19.2. The molecule has 1 aliphatic rings. The van der Waals surface area contributed by atoms with Crippen LogP contribution in [0.1, 0.15) is 37.7 Å². The van der Waals surface area contributed by atoms with Crippen LogP contribution in [0, 0.1) is 23.0 Å². The molecule has 0 atom stereocenters. The first kappa shape index (κ1) is 14.4. The summed E-state index contributed by atoms with van der Waals surface area (Å²) in [5, 5.41) is 11.9. The third-order valence-electron chi connectivity index (χ3n) is 3.67. The third kappa shape index (κ3) is 3.32.